The van der Waals surface area contributed by atoms with Gasteiger partial charge in [0.25, 0.3) is 0 Å². The number of carbonyl (C=O) groups is 1. The van der Waals surface area contributed by atoms with Crippen molar-refractivity contribution < 1.29 is 9.53 Å². The lowest BCUT2D eigenvalue weighted by molar-refractivity contribution is -0.121. The van der Waals surface area contributed by atoms with Crippen LogP contribution in [0.1, 0.15) is 25.1 Å². The first-order valence-electron chi connectivity index (χ1n) is 9.21. The van der Waals surface area contributed by atoms with Crippen molar-refractivity contribution in [1.29, 1.82) is 5.26 Å². The predicted molar refractivity (Wildman–Crippen MR) is 111 cm³/mol. The van der Waals surface area contributed by atoms with Crippen molar-refractivity contribution in [3.05, 3.63) is 84.2 Å². The second-order valence-electron chi connectivity index (χ2n) is 7.00. The molecule has 0 aliphatic carbocycles. The normalized spacial score (nSPS) is 10.8. The highest BCUT2D eigenvalue weighted by Crippen LogP contribution is 2.25. The predicted octanol–water partition coefficient (Wildman–Crippen LogP) is 4.25. The minimum absolute atomic E-state index is 0.203. The molecule has 6 nitrogen and oxygen atoms in total. The molecule has 0 unspecified atom stereocenters. The van der Waals surface area contributed by atoms with Gasteiger partial charge in [0.1, 0.15) is 23.3 Å². The van der Waals surface area contributed by atoms with Crippen LogP contribution in [0.5, 0.6) is 11.5 Å². The number of aromatic nitrogens is 1. The molecule has 146 valence electrons. The number of nitriles is 1. The third-order valence-corrected chi connectivity index (χ3v) is 4.37. The maximum absolute atomic E-state index is 12.7. The topological polar surface area (TPSA) is 87.0 Å². The van der Waals surface area contributed by atoms with Gasteiger partial charge in [-0.15, -0.1) is 0 Å². The maximum Gasteiger partial charge on any atom is 0.244 e. The highest BCUT2D eigenvalue weighted by Gasteiger charge is 2.27. The molecule has 0 saturated heterocycles. The molecule has 0 aliphatic rings. The van der Waals surface area contributed by atoms with Crippen molar-refractivity contribution in [2.45, 2.75) is 25.9 Å². The van der Waals surface area contributed by atoms with Gasteiger partial charge in [-0.3, -0.25) is 10.1 Å². The van der Waals surface area contributed by atoms with E-state index < -0.39 is 5.54 Å². The van der Waals surface area contributed by atoms with Gasteiger partial charge in [-0.25, -0.2) is 4.98 Å². The minimum Gasteiger partial charge on any atom is -0.457 e. The van der Waals surface area contributed by atoms with Crippen LogP contribution in [0.2, 0.25) is 0 Å². The number of anilines is 1. The Kier molecular flexibility index (Phi) is 6.22. The molecule has 1 heterocycles. The molecule has 0 spiro atoms. The fourth-order valence-corrected chi connectivity index (χ4v) is 2.58. The minimum atomic E-state index is -0.840. The van der Waals surface area contributed by atoms with Gasteiger partial charge in [-0.1, -0.05) is 36.4 Å². The van der Waals surface area contributed by atoms with E-state index in [0.29, 0.717) is 17.9 Å². The molecule has 1 aromatic heterocycles. The Morgan fingerprint density at radius 1 is 1.07 bits per heavy atom. The molecule has 3 rings (SSSR count). The Balaban J connectivity index is 1.65. The first-order chi connectivity index (χ1) is 14.0. The molecule has 29 heavy (non-hydrogen) atoms. The molecule has 2 aromatic carbocycles. The van der Waals surface area contributed by atoms with Gasteiger partial charge < -0.3 is 10.1 Å². The summed E-state index contributed by atoms with van der Waals surface area (Å²) in [5.74, 6) is 1.29. The number of nitrogens with one attached hydrogen (secondary N) is 2. The van der Waals surface area contributed by atoms with Crippen molar-refractivity contribution >= 4 is 11.6 Å². The number of hydrogen-bond acceptors (Lipinski definition) is 5. The molecule has 0 fully saturated rings. The lowest BCUT2D eigenvalue weighted by Gasteiger charge is -2.25. The van der Waals surface area contributed by atoms with Crippen LogP contribution in [-0.4, -0.2) is 16.4 Å². The Bertz CT molecular complexity index is 1010. The number of pyridine rings is 1. The van der Waals surface area contributed by atoms with Crippen LogP contribution in [0.4, 0.5) is 5.69 Å². The summed E-state index contributed by atoms with van der Waals surface area (Å²) in [5, 5.41) is 14.9. The Morgan fingerprint density at radius 2 is 1.79 bits per heavy atom. The van der Waals surface area contributed by atoms with Crippen LogP contribution in [0.25, 0.3) is 0 Å². The van der Waals surface area contributed by atoms with Crippen LogP contribution in [0.15, 0.2) is 72.9 Å². The van der Waals surface area contributed by atoms with E-state index in [9.17, 15) is 4.79 Å². The summed E-state index contributed by atoms with van der Waals surface area (Å²) in [7, 11) is 0. The molecule has 0 saturated carbocycles. The van der Waals surface area contributed by atoms with Crippen molar-refractivity contribution in [1.82, 2.24) is 10.3 Å². The van der Waals surface area contributed by atoms with Gasteiger partial charge in [0, 0.05) is 12.1 Å². The highest BCUT2D eigenvalue weighted by atomic mass is 16.5. The van der Waals surface area contributed by atoms with Crippen molar-refractivity contribution in [3.63, 3.8) is 0 Å². The van der Waals surface area contributed by atoms with Gasteiger partial charge in [0.15, 0.2) is 0 Å². The van der Waals surface area contributed by atoms with Gasteiger partial charge >= 0.3 is 0 Å². The van der Waals surface area contributed by atoms with E-state index in [1.54, 1.807) is 26.0 Å². The summed E-state index contributed by atoms with van der Waals surface area (Å²) in [6.07, 6.45) is 1.47. The molecule has 1 amide bonds. The third-order valence-electron chi connectivity index (χ3n) is 4.37. The molecular weight excluding hydrogens is 364 g/mol. The third kappa shape index (κ3) is 5.41. The number of hydrogen-bond donors (Lipinski definition) is 2. The summed E-state index contributed by atoms with van der Waals surface area (Å²) in [6.45, 7) is 4.06. The quantitative estimate of drug-likeness (QED) is 0.634. The van der Waals surface area contributed by atoms with E-state index in [0.717, 1.165) is 17.1 Å². The fraction of sp³-hybridized carbons (Fsp3) is 0.174. The average Bonchev–Trinajstić information content (AvgIpc) is 2.74. The Morgan fingerprint density at radius 3 is 2.48 bits per heavy atom. The number of rotatable bonds is 7. The van der Waals surface area contributed by atoms with Crippen LogP contribution in [0.3, 0.4) is 0 Å². The molecule has 2 N–H and O–H groups in total. The SMILES string of the molecule is CC(C)(NCc1ccccc1Oc1ccccc1)C(=O)Nc1ccc(C#N)nc1. The summed E-state index contributed by atoms with van der Waals surface area (Å²) in [4.78, 5) is 16.7. The molecular formula is C23H22N4O2. The van der Waals surface area contributed by atoms with Crippen molar-refractivity contribution in [3.8, 4) is 17.6 Å². The van der Waals surface area contributed by atoms with Crippen molar-refractivity contribution in [2.75, 3.05) is 5.32 Å². The highest BCUT2D eigenvalue weighted by molar-refractivity contribution is 5.97. The van der Waals surface area contributed by atoms with E-state index in [-0.39, 0.29) is 5.91 Å². The monoisotopic (exact) mass is 386 g/mol. The van der Waals surface area contributed by atoms with Gasteiger partial charge in [-0.05, 0) is 44.2 Å². The van der Waals surface area contributed by atoms with Crippen LogP contribution in [0, 0.1) is 11.3 Å². The fourth-order valence-electron chi connectivity index (χ4n) is 2.58. The summed E-state index contributed by atoms with van der Waals surface area (Å²) in [6, 6.07) is 22.4. The van der Waals surface area contributed by atoms with E-state index in [4.69, 9.17) is 10.00 Å². The molecule has 3 aromatic rings. The number of para-hydroxylation sites is 2. The number of carbonyl (C=O) groups excluding carboxylic acids is 1. The summed E-state index contributed by atoms with van der Waals surface area (Å²) < 4.78 is 5.98. The zero-order chi connectivity index (χ0) is 20.7. The second kappa shape index (κ2) is 9.00. The van der Waals surface area contributed by atoms with E-state index in [1.165, 1.54) is 6.20 Å². The average molecular weight is 386 g/mol. The zero-order valence-electron chi connectivity index (χ0n) is 16.3. The first kappa shape index (κ1) is 20.1. The summed E-state index contributed by atoms with van der Waals surface area (Å²) in [5.41, 5.74) is 0.942. The molecule has 0 aliphatic heterocycles. The smallest absolute Gasteiger partial charge is 0.244 e. The van der Waals surface area contributed by atoms with Crippen LogP contribution >= 0.6 is 0 Å². The Hall–Kier alpha value is -3.69. The maximum atomic E-state index is 12.7. The van der Waals surface area contributed by atoms with Crippen LogP contribution < -0.4 is 15.4 Å². The number of amides is 1. The zero-order valence-corrected chi connectivity index (χ0v) is 16.3. The van der Waals surface area contributed by atoms with Crippen LogP contribution in [-0.2, 0) is 11.3 Å². The molecule has 0 bridgehead atoms. The first-order valence-corrected chi connectivity index (χ1v) is 9.21. The van der Waals surface area contributed by atoms with E-state index in [2.05, 4.69) is 15.6 Å². The Labute approximate surface area is 170 Å². The molecule has 0 radical (unpaired) electrons. The van der Waals surface area contributed by atoms with Gasteiger partial charge in [0.2, 0.25) is 5.91 Å². The lowest BCUT2D eigenvalue weighted by atomic mass is 10.0. The number of nitrogens with zero attached hydrogens (tertiary/aromatic N) is 2. The van der Waals surface area contributed by atoms with Gasteiger partial charge in [0.05, 0.1) is 17.4 Å². The van der Waals surface area contributed by atoms with E-state index >= 15 is 0 Å². The van der Waals surface area contributed by atoms with Crippen molar-refractivity contribution in [2.24, 2.45) is 0 Å². The summed E-state index contributed by atoms with van der Waals surface area (Å²) >= 11 is 0. The second-order valence-corrected chi connectivity index (χ2v) is 7.00. The standard InChI is InChI=1S/C23H22N4O2/c1-23(2,22(28)27-19-13-12-18(14-24)25-16-19)26-15-17-8-6-7-11-21(17)29-20-9-4-3-5-10-20/h3-13,16,26H,15H2,1-2H3,(H,27,28). The number of ether oxygens (including phenoxy) is 1. The van der Waals surface area contributed by atoms with E-state index in [1.807, 2.05) is 60.7 Å². The molecule has 6 heteroatoms. The van der Waals surface area contributed by atoms with Gasteiger partial charge in [-0.2, -0.15) is 5.26 Å². The lowest BCUT2D eigenvalue weighted by Crippen LogP contribution is -2.49. The largest absolute Gasteiger partial charge is 0.457 e. The molecule has 0 atom stereocenters. The number of benzene rings is 2.